The van der Waals surface area contributed by atoms with Gasteiger partial charge in [0.25, 0.3) is 0 Å². The van der Waals surface area contributed by atoms with Crippen molar-refractivity contribution in [3.8, 4) is 0 Å². The maximum atomic E-state index is 12.7. The van der Waals surface area contributed by atoms with Gasteiger partial charge in [0.15, 0.2) is 0 Å². The Morgan fingerprint density at radius 3 is 2.43 bits per heavy atom. The fourth-order valence-corrected chi connectivity index (χ4v) is 1.85. The minimum atomic E-state index is -4.22. The lowest BCUT2D eigenvalue weighted by molar-refractivity contribution is -0.160. The number of halogens is 4. The summed E-state index contributed by atoms with van der Waals surface area (Å²) >= 11 is 5.71. The third-order valence-electron chi connectivity index (χ3n) is 2.58. The summed E-state index contributed by atoms with van der Waals surface area (Å²) in [5, 5.41) is 0.148. The van der Waals surface area contributed by atoms with Crippen molar-refractivity contribution in [1.29, 1.82) is 0 Å². The first-order valence-electron chi connectivity index (χ1n) is 4.14. The van der Waals surface area contributed by atoms with Crippen LogP contribution >= 0.6 is 11.6 Å². The molecular weight excluding hydrogens is 215 g/mol. The third-order valence-corrected chi connectivity index (χ3v) is 2.91. The van der Waals surface area contributed by atoms with Crippen molar-refractivity contribution in [1.82, 2.24) is 4.98 Å². The van der Waals surface area contributed by atoms with Crippen LogP contribution in [0.15, 0.2) is 18.5 Å². The van der Waals surface area contributed by atoms with Crippen LogP contribution in [0, 0.1) is 0 Å². The van der Waals surface area contributed by atoms with E-state index in [2.05, 4.69) is 4.98 Å². The van der Waals surface area contributed by atoms with E-state index in [9.17, 15) is 13.2 Å². The molecule has 1 aliphatic carbocycles. The second-order valence-corrected chi connectivity index (χ2v) is 3.84. The van der Waals surface area contributed by atoms with Crippen molar-refractivity contribution >= 4 is 11.6 Å². The van der Waals surface area contributed by atoms with Gasteiger partial charge in [-0.2, -0.15) is 13.2 Å². The van der Waals surface area contributed by atoms with Crippen LogP contribution in [0.5, 0.6) is 0 Å². The molecule has 76 valence electrons. The molecule has 0 atom stereocenters. The molecule has 0 amide bonds. The molecule has 0 N–H and O–H groups in total. The van der Waals surface area contributed by atoms with Crippen LogP contribution in [0.4, 0.5) is 13.2 Å². The van der Waals surface area contributed by atoms with Crippen molar-refractivity contribution in [2.24, 2.45) is 0 Å². The minimum absolute atomic E-state index is 0.106. The van der Waals surface area contributed by atoms with Crippen LogP contribution < -0.4 is 0 Å². The highest BCUT2D eigenvalue weighted by atomic mass is 35.5. The van der Waals surface area contributed by atoms with E-state index in [4.69, 9.17) is 11.6 Å². The van der Waals surface area contributed by atoms with Gasteiger partial charge in [-0.1, -0.05) is 11.6 Å². The maximum Gasteiger partial charge on any atom is 0.398 e. The van der Waals surface area contributed by atoms with Gasteiger partial charge in [0.05, 0.1) is 5.41 Å². The Morgan fingerprint density at radius 1 is 1.36 bits per heavy atom. The molecule has 1 nitrogen and oxygen atoms in total. The summed E-state index contributed by atoms with van der Waals surface area (Å²) in [6.07, 6.45) is -1.40. The van der Waals surface area contributed by atoms with E-state index in [1.165, 1.54) is 18.5 Å². The average Bonchev–Trinajstić information content (AvgIpc) is 2.84. The summed E-state index contributed by atoms with van der Waals surface area (Å²) in [7, 11) is 0. The van der Waals surface area contributed by atoms with Gasteiger partial charge in [-0.25, -0.2) is 0 Å². The summed E-state index contributed by atoms with van der Waals surface area (Å²) in [4.78, 5) is 3.68. The summed E-state index contributed by atoms with van der Waals surface area (Å²) in [5.41, 5.74) is -1.62. The standard InChI is InChI=1S/C9H7ClF3N/c10-7-1-4-14-5-6(7)8(2-3-8)9(11,12)13/h1,4-5H,2-3H2. The molecule has 0 unspecified atom stereocenters. The molecule has 14 heavy (non-hydrogen) atoms. The SMILES string of the molecule is FC(F)(F)C1(c2cnccc2Cl)CC1. The fraction of sp³-hybridized carbons (Fsp3) is 0.444. The lowest BCUT2D eigenvalue weighted by atomic mass is 9.97. The van der Waals surface area contributed by atoms with Crippen LogP contribution in [-0.2, 0) is 5.41 Å². The number of pyridine rings is 1. The Balaban J connectivity index is 2.46. The van der Waals surface area contributed by atoms with Crippen molar-refractivity contribution in [3.05, 3.63) is 29.0 Å². The molecule has 1 saturated carbocycles. The predicted octanol–water partition coefficient (Wildman–Crippen LogP) is 3.33. The molecule has 0 saturated heterocycles. The monoisotopic (exact) mass is 221 g/mol. The smallest absolute Gasteiger partial charge is 0.264 e. The largest absolute Gasteiger partial charge is 0.398 e. The van der Waals surface area contributed by atoms with Crippen LogP contribution in [0.25, 0.3) is 0 Å². The highest BCUT2D eigenvalue weighted by molar-refractivity contribution is 6.31. The Bertz CT molecular complexity index is 357. The van der Waals surface area contributed by atoms with E-state index in [-0.39, 0.29) is 23.4 Å². The van der Waals surface area contributed by atoms with E-state index in [1.54, 1.807) is 0 Å². The number of hydrogen-bond acceptors (Lipinski definition) is 1. The molecule has 0 aromatic carbocycles. The Hall–Kier alpha value is -0.770. The fourth-order valence-electron chi connectivity index (χ4n) is 1.56. The normalized spacial score (nSPS) is 19.4. The summed E-state index contributed by atoms with van der Waals surface area (Å²) < 4.78 is 38.0. The van der Waals surface area contributed by atoms with Crippen molar-refractivity contribution in [3.63, 3.8) is 0 Å². The van der Waals surface area contributed by atoms with Gasteiger partial charge in [-0.3, -0.25) is 4.98 Å². The maximum absolute atomic E-state index is 12.7. The van der Waals surface area contributed by atoms with Gasteiger partial charge in [-0.05, 0) is 18.9 Å². The molecule has 1 aromatic rings. The predicted molar refractivity (Wildman–Crippen MR) is 46.2 cm³/mol. The molecule has 0 aliphatic heterocycles. The molecule has 0 radical (unpaired) electrons. The quantitative estimate of drug-likeness (QED) is 0.709. The number of alkyl halides is 3. The highest BCUT2D eigenvalue weighted by Gasteiger charge is 2.65. The van der Waals surface area contributed by atoms with Gasteiger partial charge in [0.1, 0.15) is 0 Å². The first-order valence-corrected chi connectivity index (χ1v) is 4.52. The van der Waals surface area contributed by atoms with Crippen molar-refractivity contribution in [2.45, 2.75) is 24.4 Å². The zero-order valence-corrected chi connectivity index (χ0v) is 7.86. The summed E-state index contributed by atoms with van der Waals surface area (Å²) in [6, 6.07) is 1.39. The van der Waals surface area contributed by atoms with Gasteiger partial charge < -0.3 is 0 Å². The number of aromatic nitrogens is 1. The average molecular weight is 222 g/mol. The lowest BCUT2D eigenvalue weighted by Gasteiger charge is -2.19. The topological polar surface area (TPSA) is 12.9 Å². The molecule has 0 spiro atoms. The van der Waals surface area contributed by atoms with Crippen LogP contribution in [-0.4, -0.2) is 11.2 Å². The summed E-state index contributed by atoms with van der Waals surface area (Å²) in [6.45, 7) is 0. The molecule has 1 heterocycles. The molecule has 1 aliphatic rings. The Morgan fingerprint density at radius 2 is 2.00 bits per heavy atom. The van der Waals surface area contributed by atoms with Crippen molar-refractivity contribution in [2.75, 3.05) is 0 Å². The van der Waals surface area contributed by atoms with Crippen LogP contribution in [0.2, 0.25) is 5.02 Å². The van der Waals surface area contributed by atoms with E-state index in [0.29, 0.717) is 0 Å². The first-order chi connectivity index (χ1) is 6.47. The highest BCUT2D eigenvalue weighted by Crippen LogP contribution is 2.59. The van der Waals surface area contributed by atoms with Crippen LogP contribution in [0.1, 0.15) is 18.4 Å². The molecule has 0 bridgehead atoms. The summed E-state index contributed by atoms with van der Waals surface area (Å²) in [5.74, 6) is 0. The molecule has 5 heteroatoms. The second-order valence-electron chi connectivity index (χ2n) is 3.44. The number of hydrogen-bond donors (Lipinski definition) is 0. The minimum Gasteiger partial charge on any atom is -0.264 e. The third kappa shape index (κ3) is 1.29. The van der Waals surface area contributed by atoms with Gasteiger partial charge in [0, 0.05) is 23.0 Å². The first kappa shape index (κ1) is 9.77. The molecular formula is C9H7ClF3N. The molecule has 1 fully saturated rings. The van der Waals surface area contributed by atoms with E-state index < -0.39 is 11.6 Å². The van der Waals surface area contributed by atoms with Gasteiger partial charge in [-0.15, -0.1) is 0 Å². The Kier molecular flexibility index (Phi) is 2.00. The lowest BCUT2D eigenvalue weighted by Crippen LogP contribution is -2.29. The zero-order valence-electron chi connectivity index (χ0n) is 7.11. The van der Waals surface area contributed by atoms with E-state index in [0.717, 1.165) is 0 Å². The number of rotatable bonds is 1. The number of nitrogens with zero attached hydrogens (tertiary/aromatic N) is 1. The van der Waals surface area contributed by atoms with Crippen LogP contribution in [0.3, 0.4) is 0 Å². The molecule has 1 aromatic heterocycles. The van der Waals surface area contributed by atoms with E-state index in [1.807, 2.05) is 0 Å². The van der Waals surface area contributed by atoms with Gasteiger partial charge in [0.2, 0.25) is 0 Å². The Labute approximate surface area is 83.9 Å². The zero-order chi connectivity index (χ0) is 10.4. The van der Waals surface area contributed by atoms with E-state index >= 15 is 0 Å². The van der Waals surface area contributed by atoms with Gasteiger partial charge >= 0.3 is 6.18 Å². The molecule has 2 rings (SSSR count). The van der Waals surface area contributed by atoms with Crippen molar-refractivity contribution < 1.29 is 13.2 Å². The second kappa shape index (κ2) is 2.86.